The Hall–Kier alpha value is -3.60. The Bertz CT molecular complexity index is 1430. The largest absolute Gasteiger partial charge is 0.435 e. The highest BCUT2D eigenvalue weighted by Gasteiger charge is 2.39. The van der Waals surface area contributed by atoms with Gasteiger partial charge in [0.2, 0.25) is 0 Å². The predicted molar refractivity (Wildman–Crippen MR) is 133 cm³/mol. The van der Waals surface area contributed by atoms with Gasteiger partial charge in [0.25, 0.3) is 5.91 Å². The number of carbonyl (C=O) groups is 1. The fraction of sp³-hybridized carbons (Fsp3) is 0.370. The summed E-state index contributed by atoms with van der Waals surface area (Å²) in [6.45, 7) is 4.23. The SMILES string of the molecule is CCn1cc(-c2ccccc2[C@@H]2CN(C(=O)C#CC3CCNC3)Cc3sc(C#N)cc32)c(C(F)(F)F)n1. The number of alkyl halides is 3. The number of hydrogen-bond acceptors (Lipinski definition) is 5. The zero-order chi connectivity index (χ0) is 26.2. The number of amides is 1. The molecule has 2 aromatic heterocycles. The lowest BCUT2D eigenvalue weighted by Gasteiger charge is -2.33. The van der Waals surface area contributed by atoms with Crippen LogP contribution in [0.3, 0.4) is 0 Å². The molecule has 0 radical (unpaired) electrons. The van der Waals surface area contributed by atoms with Gasteiger partial charge in [0.1, 0.15) is 10.9 Å². The summed E-state index contributed by atoms with van der Waals surface area (Å²) in [7, 11) is 0. The molecular formula is C27H24F3N5OS. The number of rotatable bonds is 3. The first-order valence-corrected chi connectivity index (χ1v) is 12.9. The molecule has 1 unspecified atom stereocenters. The van der Waals surface area contributed by atoms with Crippen LogP contribution in [0, 0.1) is 29.1 Å². The molecule has 1 fully saturated rings. The molecular weight excluding hydrogens is 499 g/mol. The third-order valence-corrected chi connectivity index (χ3v) is 7.82. The molecule has 1 N–H and O–H groups in total. The Morgan fingerprint density at radius 3 is 2.78 bits per heavy atom. The quantitative estimate of drug-likeness (QED) is 0.509. The average Bonchev–Trinajstić information content (AvgIpc) is 3.65. The molecule has 37 heavy (non-hydrogen) atoms. The normalized spacial score (nSPS) is 19.2. The molecule has 2 atom stereocenters. The molecule has 1 saturated heterocycles. The van der Waals surface area contributed by atoms with Crippen LogP contribution in [0.5, 0.6) is 0 Å². The molecule has 2 aliphatic heterocycles. The van der Waals surface area contributed by atoms with Crippen LogP contribution in [-0.4, -0.2) is 40.2 Å². The van der Waals surface area contributed by atoms with E-state index in [-0.39, 0.29) is 23.9 Å². The number of hydrogen-bond donors (Lipinski definition) is 1. The van der Waals surface area contributed by atoms with Crippen LogP contribution in [0.1, 0.15) is 45.8 Å². The van der Waals surface area contributed by atoms with Gasteiger partial charge in [-0.1, -0.05) is 30.2 Å². The molecule has 1 aromatic carbocycles. The summed E-state index contributed by atoms with van der Waals surface area (Å²) in [4.78, 5) is 16.1. The van der Waals surface area contributed by atoms with E-state index in [1.54, 1.807) is 42.2 Å². The fourth-order valence-corrected chi connectivity index (χ4v) is 5.99. The van der Waals surface area contributed by atoms with Gasteiger partial charge in [-0.2, -0.15) is 23.5 Å². The lowest BCUT2D eigenvalue weighted by molar-refractivity contribution is -0.141. The molecule has 6 nitrogen and oxygen atoms in total. The Kier molecular flexibility index (Phi) is 6.80. The van der Waals surface area contributed by atoms with Crippen molar-refractivity contribution in [2.24, 2.45) is 5.92 Å². The topological polar surface area (TPSA) is 74.0 Å². The van der Waals surface area contributed by atoms with Gasteiger partial charge in [-0.3, -0.25) is 9.48 Å². The van der Waals surface area contributed by atoms with Crippen molar-refractivity contribution >= 4 is 17.2 Å². The van der Waals surface area contributed by atoms with Crippen molar-refractivity contribution in [2.45, 2.75) is 38.5 Å². The number of halogens is 3. The molecule has 0 saturated carbocycles. The first-order valence-electron chi connectivity index (χ1n) is 12.1. The highest BCUT2D eigenvalue weighted by molar-refractivity contribution is 7.12. The van der Waals surface area contributed by atoms with Crippen LogP contribution >= 0.6 is 11.3 Å². The molecule has 190 valence electrons. The van der Waals surface area contributed by atoms with Gasteiger partial charge in [-0.25, -0.2) is 0 Å². The molecule has 1 amide bonds. The van der Waals surface area contributed by atoms with Gasteiger partial charge in [0.05, 0.1) is 6.54 Å². The van der Waals surface area contributed by atoms with Gasteiger partial charge in [0.15, 0.2) is 5.69 Å². The summed E-state index contributed by atoms with van der Waals surface area (Å²) >= 11 is 1.31. The van der Waals surface area contributed by atoms with Crippen molar-refractivity contribution in [1.82, 2.24) is 20.0 Å². The summed E-state index contributed by atoms with van der Waals surface area (Å²) in [5, 5.41) is 16.5. The van der Waals surface area contributed by atoms with Crippen molar-refractivity contribution in [2.75, 3.05) is 19.6 Å². The van der Waals surface area contributed by atoms with E-state index in [2.05, 4.69) is 28.3 Å². The second-order valence-electron chi connectivity index (χ2n) is 9.13. The summed E-state index contributed by atoms with van der Waals surface area (Å²) < 4.78 is 43.1. The zero-order valence-electron chi connectivity index (χ0n) is 20.1. The van der Waals surface area contributed by atoms with Gasteiger partial charge in [-0.15, -0.1) is 11.3 Å². The van der Waals surface area contributed by atoms with Crippen LogP contribution < -0.4 is 5.32 Å². The van der Waals surface area contributed by atoms with Crippen LogP contribution in [0.25, 0.3) is 11.1 Å². The van der Waals surface area contributed by atoms with E-state index in [1.165, 1.54) is 22.2 Å². The summed E-state index contributed by atoms with van der Waals surface area (Å²) in [6, 6.07) is 10.9. The zero-order valence-corrected chi connectivity index (χ0v) is 20.9. The van der Waals surface area contributed by atoms with Gasteiger partial charge < -0.3 is 10.2 Å². The standard InChI is InChI=1S/C27H24F3N5OS/c1-2-35-15-23(26(33-35)27(28,29)30)20-6-4-3-5-19(20)22-14-34(16-24-21(22)11-18(12-31)37-24)25(36)8-7-17-9-10-32-13-17/h3-6,11,15,17,22,32H,2,9-10,13-14,16H2,1H3/t17?,22-/m0/s1. The van der Waals surface area contributed by atoms with E-state index in [0.717, 1.165) is 30.0 Å². The Morgan fingerprint density at radius 2 is 2.08 bits per heavy atom. The van der Waals surface area contributed by atoms with E-state index in [9.17, 15) is 23.2 Å². The second kappa shape index (κ2) is 10.0. The van der Waals surface area contributed by atoms with Crippen LogP contribution in [0.2, 0.25) is 0 Å². The minimum absolute atomic E-state index is 0.000730. The summed E-state index contributed by atoms with van der Waals surface area (Å²) in [5.41, 5.74) is 0.983. The van der Waals surface area contributed by atoms with Gasteiger partial charge in [-0.05, 0) is 48.6 Å². The van der Waals surface area contributed by atoms with Crippen LogP contribution in [-0.2, 0) is 24.1 Å². The average molecular weight is 524 g/mol. The van der Waals surface area contributed by atoms with Crippen molar-refractivity contribution in [3.63, 3.8) is 0 Å². The fourth-order valence-electron chi connectivity index (χ4n) is 4.95. The number of fused-ring (bicyclic) bond motifs is 1. The minimum atomic E-state index is -4.62. The predicted octanol–water partition coefficient (Wildman–Crippen LogP) is 4.61. The first kappa shape index (κ1) is 25.1. The monoisotopic (exact) mass is 523 g/mol. The van der Waals surface area contributed by atoms with Gasteiger partial charge >= 0.3 is 6.18 Å². The number of nitriles is 1. The number of benzene rings is 1. The lowest BCUT2D eigenvalue weighted by atomic mass is 9.83. The van der Waals surface area contributed by atoms with E-state index < -0.39 is 17.8 Å². The Balaban J connectivity index is 1.58. The number of thiophene rings is 1. The van der Waals surface area contributed by atoms with Gasteiger partial charge in [0, 0.05) is 48.1 Å². The minimum Gasteiger partial charge on any atom is -0.326 e. The summed E-state index contributed by atoms with van der Waals surface area (Å²) in [5.74, 6) is 5.23. The van der Waals surface area contributed by atoms with Crippen LogP contribution in [0.15, 0.2) is 36.5 Å². The van der Waals surface area contributed by atoms with E-state index >= 15 is 0 Å². The molecule has 2 aliphatic rings. The molecule has 5 rings (SSSR count). The van der Waals surface area contributed by atoms with E-state index in [4.69, 9.17) is 0 Å². The smallest absolute Gasteiger partial charge is 0.326 e. The number of aryl methyl sites for hydroxylation is 1. The Morgan fingerprint density at radius 1 is 1.27 bits per heavy atom. The van der Waals surface area contributed by atoms with Crippen LogP contribution in [0.4, 0.5) is 13.2 Å². The number of nitrogens with one attached hydrogen (secondary N) is 1. The Labute approximate surface area is 216 Å². The number of aromatic nitrogens is 2. The second-order valence-corrected chi connectivity index (χ2v) is 10.3. The van der Waals surface area contributed by atoms with E-state index in [0.29, 0.717) is 29.1 Å². The number of carbonyl (C=O) groups excluding carboxylic acids is 1. The highest BCUT2D eigenvalue weighted by atomic mass is 32.1. The number of nitrogens with zero attached hydrogens (tertiary/aromatic N) is 4. The molecule has 3 aromatic rings. The molecule has 10 heteroatoms. The van der Waals surface area contributed by atoms with Crippen molar-refractivity contribution in [1.29, 1.82) is 5.26 Å². The van der Waals surface area contributed by atoms with Crippen molar-refractivity contribution < 1.29 is 18.0 Å². The molecule has 4 heterocycles. The molecule has 0 bridgehead atoms. The lowest BCUT2D eigenvalue weighted by Crippen LogP contribution is -2.37. The van der Waals surface area contributed by atoms with Crippen molar-refractivity contribution in [3.8, 4) is 29.0 Å². The highest BCUT2D eigenvalue weighted by Crippen LogP contribution is 2.44. The molecule has 0 aliphatic carbocycles. The molecule has 0 spiro atoms. The third-order valence-electron chi connectivity index (χ3n) is 6.78. The maximum atomic E-state index is 13.9. The maximum Gasteiger partial charge on any atom is 0.435 e. The first-order chi connectivity index (χ1) is 17.8. The third kappa shape index (κ3) is 5.00. The van der Waals surface area contributed by atoms with Crippen molar-refractivity contribution in [3.05, 3.63) is 63.1 Å². The van der Waals surface area contributed by atoms with E-state index in [1.807, 2.05) is 0 Å². The summed E-state index contributed by atoms with van der Waals surface area (Å²) in [6.07, 6.45) is -2.31. The maximum absolute atomic E-state index is 13.9.